The molecule has 6 heteroatoms. The summed E-state index contributed by atoms with van der Waals surface area (Å²) in [5.74, 6) is -0.0237. The molecule has 1 fully saturated rings. The zero-order valence-corrected chi connectivity index (χ0v) is 20.8. The molecule has 5 nitrogen and oxygen atoms in total. The van der Waals surface area contributed by atoms with Crippen LogP contribution in [0.3, 0.4) is 0 Å². The molecule has 0 bridgehead atoms. The minimum Gasteiger partial charge on any atom is -0.507 e. The molecule has 1 atom stereocenters. The lowest BCUT2D eigenvalue weighted by atomic mass is 9.78. The lowest BCUT2D eigenvalue weighted by Gasteiger charge is -2.29. The first-order valence-electron chi connectivity index (χ1n) is 11.0. The van der Waals surface area contributed by atoms with Gasteiger partial charge in [0.15, 0.2) is 0 Å². The summed E-state index contributed by atoms with van der Waals surface area (Å²) in [5, 5.41) is 11.3. The second kappa shape index (κ2) is 8.19. The molecule has 2 heterocycles. The highest BCUT2D eigenvalue weighted by Gasteiger charge is 2.43. The highest BCUT2D eigenvalue weighted by Crippen LogP contribution is 2.51. The summed E-state index contributed by atoms with van der Waals surface area (Å²) in [6.07, 6.45) is 1.18. The first-order chi connectivity index (χ1) is 14.2. The molecule has 1 aromatic rings. The molecule has 2 aliphatic rings. The third-order valence-electron chi connectivity index (χ3n) is 5.67. The molecule has 1 unspecified atom stereocenters. The largest absolute Gasteiger partial charge is 0.507 e. The number of rotatable bonds is 3. The van der Waals surface area contributed by atoms with Crippen LogP contribution in [0.1, 0.15) is 90.2 Å². The summed E-state index contributed by atoms with van der Waals surface area (Å²) in [4.78, 5) is 27.8. The van der Waals surface area contributed by atoms with E-state index in [4.69, 9.17) is 4.74 Å². The van der Waals surface area contributed by atoms with Gasteiger partial charge in [0.25, 0.3) is 0 Å². The van der Waals surface area contributed by atoms with Crippen LogP contribution in [0.5, 0.6) is 5.75 Å². The zero-order valence-electron chi connectivity index (χ0n) is 20.0. The molecule has 0 aliphatic carbocycles. The Balaban J connectivity index is 2.10. The average Bonchev–Trinajstić information content (AvgIpc) is 2.96. The van der Waals surface area contributed by atoms with Crippen molar-refractivity contribution >= 4 is 23.6 Å². The summed E-state index contributed by atoms with van der Waals surface area (Å²) >= 11 is 1.44. The average molecular weight is 446 g/mol. The summed E-state index contributed by atoms with van der Waals surface area (Å²) in [5.41, 5.74) is 2.60. The quantitative estimate of drug-likeness (QED) is 0.617. The van der Waals surface area contributed by atoms with Gasteiger partial charge in [-0.3, -0.25) is 4.79 Å². The van der Waals surface area contributed by atoms with Crippen LogP contribution in [0.2, 0.25) is 0 Å². The molecule has 1 saturated heterocycles. The van der Waals surface area contributed by atoms with Crippen molar-refractivity contribution in [1.29, 1.82) is 0 Å². The van der Waals surface area contributed by atoms with Crippen LogP contribution in [0.4, 0.5) is 0 Å². The van der Waals surface area contributed by atoms with Gasteiger partial charge in [0.2, 0.25) is 5.91 Å². The van der Waals surface area contributed by atoms with Crippen molar-refractivity contribution in [3.05, 3.63) is 39.4 Å². The van der Waals surface area contributed by atoms with Gasteiger partial charge in [0.1, 0.15) is 11.0 Å². The number of nitrogens with zero attached hydrogens (tertiary/aromatic N) is 1. The van der Waals surface area contributed by atoms with Crippen LogP contribution in [-0.4, -0.2) is 34.5 Å². The number of aromatic hydroxyl groups is 1. The fourth-order valence-electron chi connectivity index (χ4n) is 4.07. The Morgan fingerprint density at radius 2 is 1.68 bits per heavy atom. The molecule has 1 amide bonds. The highest BCUT2D eigenvalue weighted by atomic mass is 32.2. The van der Waals surface area contributed by atoms with Crippen LogP contribution in [0, 0.1) is 0 Å². The highest BCUT2D eigenvalue weighted by molar-refractivity contribution is 8.04. The topological polar surface area (TPSA) is 66.8 Å². The van der Waals surface area contributed by atoms with E-state index < -0.39 is 5.25 Å². The maximum absolute atomic E-state index is 13.4. The molecule has 0 radical (unpaired) electrons. The van der Waals surface area contributed by atoms with E-state index in [0.717, 1.165) is 28.1 Å². The fraction of sp³-hybridized carbons (Fsp3) is 0.600. The van der Waals surface area contributed by atoms with Crippen molar-refractivity contribution in [2.75, 3.05) is 6.54 Å². The first kappa shape index (κ1) is 23.7. The fourth-order valence-corrected chi connectivity index (χ4v) is 5.43. The number of hydrogen-bond donors (Lipinski definition) is 1. The summed E-state index contributed by atoms with van der Waals surface area (Å²) in [6, 6.07) is 3.93. The van der Waals surface area contributed by atoms with E-state index in [-0.39, 0.29) is 28.8 Å². The Bertz CT molecular complexity index is 899. The van der Waals surface area contributed by atoms with Crippen LogP contribution in [-0.2, 0) is 25.2 Å². The Hall–Kier alpha value is -1.95. The second-order valence-electron chi connectivity index (χ2n) is 10.8. The van der Waals surface area contributed by atoms with Crippen molar-refractivity contribution in [3.8, 4) is 5.75 Å². The summed E-state index contributed by atoms with van der Waals surface area (Å²) in [7, 11) is 0. The van der Waals surface area contributed by atoms with Crippen molar-refractivity contribution in [1.82, 2.24) is 4.90 Å². The molecular weight excluding hydrogens is 410 g/mol. The van der Waals surface area contributed by atoms with Gasteiger partial charge in [-0.15, -0.1) is 0 Å². The second-order valence-corrected chi connectivity index (χ2v) is 11.9. The molecule has 1 N–H and O–H groups in total. The number of esters is 1. The number of ether oxygens (including phenoxy) is 1. The van der Waals surface area contributed by atoms with Gasteiger partial charge in [0, 0.05) is 6.54 Å². The van der Waals surface area contributed by atoms with Crippen molar-refractivity contribution in [2.45, 2.75) is 90.4 Å². The van der Waals surface area contributed by atoms with E-state index in [1.54, 1.807) is 4.90 Å². The minimum atomic E-state index is -0.433. The van der Waals surface area contributed by atoms with Crippen LogP contribution < -0.4 is 0 Å². The van der Waals surface area contributed by atoms with Crippen molar-refractivity contribution in [3.63, 3.8) is 0 Å². The van der Waals surface area contributed by atoms with E-state index >= 15 is 0 Å². The van der Waals surface area contributed by atoms with E-state index in [0.29, 0.717) is 24.3 Å². The number of fused-ring (bicyclic) bond motifs is 1. The van der Waals surface area contributed by atoms with Crippen LogP contribution in [0.15, 0.2) is 22.7 Å². The summed E-state index contributed by atoms with van der Waals surface area (Å²) < 4.78 is 5.44. The molecule has 0 spiro atoms. The van der Waals surface area contributed by atoms with E-state index in [1.807, 2.05) is 26.0 Å². The maximum atomic E-state index is 13.4. The smallest absolute Gasteiger partial charge is 0.336 e. The van der Waals surface area contributed by atoms with Gasteiger partial charge >= 0.3 is 5.97 Å². The SMILES string of the molecule is CC(C)OC(=O)C1=C2SC(c3cc(C(C)(C)C)c(O)c(C(C)(C)C)c3)C(=O)N2CCC1. The third-order valence-corrected chi connectivity index (χ3v) is 7.07. The van der Waals surface area contributed by atoms with Crippen molar-refractivity contribution in [2.24, 2.45) is 0 Å². The van der Waals surface area contributed by atoms with Gasteiger partial charge in [-0.1, -0.05) is 53.3 Å². The molecule has 1 aromatic carbocycles. The van der Waals surface area contributed by atoms with E-state index in [9.17, 15) is 14.7 Å². The lowest BCUT2D eigenvalue weighted by Crippen LogP contribution is -2.32. The third kappa shape index (κ3) is 4.64. The number of phenolic OH excluding ortho intramolecular Hbond substituents is 1. The van der Waals surface area contributed by atoms with Crippen LogP contribution >= 0.6 is 11.8 Å². The van der Waals surface area contributed by atoms with Gasteiger partial charge < -0.3 is 14.7 Å². The number of carbonyl (C=O) groups excluding carboxylic acids is 2. The molecule has 170 valence electrons. The zero-order chi connectivity index (χ0) is 23.3. The van der Waals surface area contributed by atoms with Gasteiger partial charge in [0.05, 0.1) is 16.7 Å². The van der Waals surface area contributed by atoms with Gasteiger partial charge in [-0.05, 0) is 66.3 Å². The number of carbonyl (C=O) groups is 2. The van der Waals surface area contributed by atoms with E-state index in [2.05, 4.69) is 41.5 Å². The van der Waals surface area contributed by atoms with Crippen molar-refractivity contribution < 1.29 is 19.4 Å². The Morgan fingerprint density at radius 3 is 2.16 bits per heavy atom. The predicted octanol–water partition coefficient (Wildman–Crippen LogP) is 5.56. The Labute approximate surface area is 190 Å². The number of thioether (sulfide) groups is 1. The van der Waals surface area contributed by atoms with Crippen LogP contribution in [0.25, 0.3) is 0 Å². The van der Waals surface area contributed by atoms with Gasteiger partial charge in [-0.25, -0.2) is 4.79 Å². The summed E-state index contributed by atoms with van der Waals surface area (Å²) in [6.45, 7) is 16.7. The number of phenols is 1. The van der Waals surface area contributed by atoms with Gasteiger partial charge in [-0.2, -0.15) is 0 Å². The normalized spacial score (nSPS) is 19.8. The first-order valence-corrected chi connectivity index (χ1v) is 11.9. The minimum absolute atomic E-state index is 0.0000416. The number of hydrogen-bond acceptors (Lipinski definition) is 5. The standard InChI is InChI=1S/C25H35NO4S/c1-14(2)30-23(29)16-10-9-11-26-21(28)20(31-22(16)26)15-12-17(24(3,4)5)19(27)18(13-15)25(6,7)8/h12-14,20,27H,9-11H2,1-8H3. The maximum Gasteiger partial charge on any atom is 0.336 e. The predicted molar refractivity (Wildman–Crippen MR) is 125 cm³/mol. The Morgan fingerprint density at radius 1 is 1.13 bits per heavy atom. The molecule has 2 aliphatic heterocycles. The molecular formula is C25H35NO4S. The molecule has 0 saturated carbocycles. The molecule has 31 heavy (non-hydrogen) atoms. The number of benzene rings is 1. The monoisotopic (exact) mass is 445 g/mol. The van der Waals surface area contributed by atoms with E-state index in [1.165, 1.54) is 11.8 Å². The lowest BCUT2D eigenvalue weighted by molar-refractivity contribution is -0.143. The Kier molecular flexibility index (Phi) is 6.27. The molecule has 0 aromatic heterocycles. The number of amides is 1. The molecule has 3 rings (SSSR count).